The zero-order valence-electron chi connectivity index (χ0n) is 8.28. The van der Waals surface area contributed by atoms with Crippen molar-refractivity contribution < 1.29 is 13.9 Å². The zero-order valence-corrected chi connectivity index (χ0v) is 9.17. The maximum absolute atomic E-state index is 9.27. The van der Waals surface area contributed by atoms with E-state index >= 15 is 0 Å². The predicted octanol–water partition coefficient (Wildman–Crippen LogP) is 2.84. The second-order valence-corrected chi connectivity index (χ2v) is 3.78. The van der Waals surface area contributed by atoms with Gasteiger partial charge in [-0.2, -0.15) is 0 Å². The summed E-state index contributed by atoms with van der Waals surface area (Å²) in [6, 6.07) is 0. The van der Waals surface area contributed by atoms with Crippen LogP contribution in [0.2, 0.25) is 0 Å². The number of hydrogen-bond donors (Lipinski definition) is 1. The van der Waals surface area contributed by atoms with Crippen LogP contribution in [-0.4, -0.2) is 17.1 Å². The van der Waals surface area contributed by atoms with Gasteiger partial charge >= 0.3 is 8.60 Å². The van der Waals surface area contributed by atoms with Crippen LogP contribution < -0.4 is 0 Å². The van der Waals surface area contributed by atoms with Gasteiger partial charge in [-0.3, -0.25) is 0 Å². The lowest BCUT2D eigenvalue weighted by Crippen LogP contribution is -2.08. The Kier molecular flexibility index (Phi) is 6.96. The molecule has 0 radical (unpaired) electrons. The largest absolute Gasteiger partial charge is 0.330 e. The lowest BCUT2D eigenvalue weighted by molar-refractivity contribution is 0.121. The average Bonchev–Trinajstić information content (AvgIpc) is 2.03. The van der Waals surface area contributed by atoms with Gasteiger partial charge < -0.3 is 13.9 Å². The molecule has 0 rings (SSSR count). The fraction of sp³-hybridized carbons (Fsp3) is 1.00. The van der Waals surface area contributed by atoms with Crippen molar-refractivity contribution in [2.24, 2.45) is 0 Å². The Balaban J connectivity index is 3.51. The van der Waals surface area contributed by atoms with Crippen LogP contribution in [0.1, 0.15) is 40.5 Å². The zero-order chi connectivity index (χ0) is 9.56. The summed E-state index contributed by atoms with van der Waals surface area (Å²) >= 11 is 0. The topological polar surface area (TPSA) is 38.7 Å². The van der Waals surface area contributed by atoms with E-state index < -0.39 is 8.60 Å². The lowest BCUT2D eigenvalue weighted by Gasteiger charge is -2.18. The van der Waals surface area contributed by atoms with Crippen molar-refractivity contribution in [2.45, 2.75) is 52.7 Å². The molecule has 2 atom stereocenters. The summed E-state index contributed by atoms with van der Waals surface area (Å²) in [5.74, 6) is 0. The molecule has 0 spiro atoms. The van der Waals surface area contributed by atoms with Gasteiger partial charge in [0.2, 0.25) is 0 Å². The maximum atomic E-state index is 9.27. The Morgan fingerprint density at radius 2 is 1.42 bits per heavy atom. The number of hydrogen-bond acceptors (Lipinski definition) is 3. The average molecular weight is 194 g/mol. The minimum atomic E-state index is -1.67. The van der Waals surface area contributed by atoms with Crippen molar-refractivity contribution in [1.82, 2.24) is 0 Å². The smallest absolute Gasteiger partial charge is 0.328 e. The Labute approximate surface area is 76.1 Å². The Morgan fingerprint density at radius 1 is 1.08 bits per heavy atom. The van der Waals surface area contributed by atoms with Gasteiger partial charge in [-0.1, -0.05) is 13.8 Å². The molecule has 0 amide bonds. The van der Waals surface area contributed by atoms with Crippen molar-refractivity contribution in [1.29, 1.82) is 0 Å². The third kappa shape index (κ3) is 5.90. The van der Waals surface area contributed by atoms with E-state index in [2.05, 4.69) is 0 Å². The fourth-order valence-electron chi connectivity index (χ4n) is 0.482. The monoisotopic (exact) mass is 194 g/mol. The summed E-state index contributed by atoms with van der Waals surface area (Å²) in [6.07, 6.45) is 1.93. The first kappa shape index (κ1) is 12.3. The fourth-order valence-corrected chi connectivity index (χ4v) is 1.45. The van der Waals surface area contributed by atoms with Crippen molar-refractivity contribution >= 4 is 8.60 Å². The molecule has 1 N–H and O–H groups in total. The van der Waals surface area contributed by atoms with Crippen LogP contribution in [0.5, 0.6) is 0 Å². The molecule has 0 aliphatic heterocycles. The lowest BCUT2D eigenvalue weighted by atomic mass is 10.3. The highest BCUT2D eigenvalue weighted by molar-refractivity contribution is 7.40. The predicted molar refractivity (Wildman–Crippen MR) is 50.8 cm³/mol. The highest BCUT2D eigenvalue weighted by atomic mass is 31.2. The molecule has 0 fully saturated rings. The van der Waals surface area contributed by atoms with E-state index in [0.717, 1.165) is 12.8 Å². The summed E-state index contributed by atoms with van der Waals surface area (Å²) in [5, 5.41) is 0. The Bertz CT molecular complexity index is 98.5. The molecule has 0 heterocycles. The molecule has 3 nitrogen and oxygen atoms in total. The summed E-state index contributed by atoms with van der Waals surface area (Å²) in [5.41, 5.74) is 0. The molecule has 0 aliphatic carbocycles. The Hall–Kier alpha value is 0.310. The van der Waals surface area contributed by atoms with Crippen LogP contribution in [0.25, 0.3) is 0 Å². The molecule has 0 bridgehead atoms. The van der Waals surface area contributed by atoms with E-state index in [1.165, 1.54) is 0 Å². The summed E-state index contributed by atoms with van der Waals surface area (Å²) in [6.45, 7) is 7.87. The Morgan fingerprint density at radius 3 is 1.67 bits per heavy atom. The van der Waals surface area contributed by atoms with Crippen LogP contribution in [-0.2, 0) is 9.05 Å². The summed E-state index contributed by atoms with van der Waals surface area (Å²) in [4.78, 5) is 9.27. The minimum Gasteiger partial charge on any atom is -0.328 e. The van der Waals surface area contributed by atoms with E-state index in [1.54, 1.807) is 0 Å². The second-order valence-electron chi connectivity index (χ2n) is 2.89. The maximum Gasteiger partial charge on any atom is 0.330 e. The molecular formula is C8H19O3P. The highest BCUT2D eigenvalue weighted by Crippen LogP contribution is 2.37. The standard InChI is InChI=1S/C8H19O3P/c1-5-7(3)10-12(9)11-8(4)6-2/h7-9H,5-6H2,1-4H3. The molecule has 0 saturated heterocycles. The molecule has 4 heteroatoms. The quantitative estimate of drug-likeness (QED) is 0.661. The van der Waals surface area contributed by atoms with Gasteiger partial charge in [-0.15, -0.1) is 0 Å². The molecular weight excluding hydrogens is 175 g/mol. The van der Waals surface area contributed by atoms with Gasteiger partial charge in [0.25, 0.3) is 0 Å². The van der Waals surface area contributed by atoms with Crippen LogP contribution in [0.4, 0.5) is 0 Å². The van der Waals surface area contributed by atoms with Crippen molar-refractivity contribution in [2.75, 3.05) is 0 Å². The van der Waals surface area contributed by atoms with Gasteiger partial charge in [0, 0.05) is 0 Å². The van der Waals surface area contributed by atoms with Crippen LogP contribution >= 0.6 is 8.60 Å². The molecule has 0 aromatic heterocycles. The van der Waals surface area contributed by atoms with Gasteiger partial charge in [-0.05, 0) is 26.7 Å². The van der Waals surface area contributed by atoms with E-state index in [1.807, 2.05) is 27.7 Å². The normalized spacial score (nSPS) is 18.8. The van der Waals surface area contributed by atoms with E-state index in [-0.39, 0.29) is 12.2 Å². The van der Waals surface area contributed by atoms with E-state index in [0.29, 0.717) is 0 Å². The SMILES string of the molecule is CCC(C)OP(O)OC(C)CC. The molecule has 0 saturated carbocycles. The van der Waals surface area contributed by atoms with Crippen molar-refractivity contribution in [3.05, 3.63) is 0 Å². The molecule has 0 aromatic carbocycles. The van der Waals surface area contributed by atoms with Crippen LogP contribution in [0, 0.1) is 0 Å². The molecule has 2 unspecified atom stereocenters. The van der Waals surface area contributed by atoms with Crippen LogP contribution in [0.3, 0.4) is 0 Å². The molecule has 12 heavy (non-hydrogen) atoms. The first-order chi connectivity index (χ1) is 5.60. The van der Waals surface area contributed by atoms with Crippen molar-refractivity contribution in [3.8, 4) is 0 Å². The first-order valence-electron chi connectivity index (χ1n) is 4.42. The molecule has 0 aliphatic rings. The van der Waals surface area contributed by atoms with Gasteiger partial charge in [0.15, 0.2) is 0 Å². The molecule has 0 aromatic rings. The summed E-state index contributed by atoms with van der Waals surface area (Å²) in [7, 11) is -1.67. The van der Waals surface area contributed by atoms with Gasteiger partial charge in [0.05, 0.1) is 12.2 Å². The third-order valence-corrected chi connectivity index (χ3v) is 2.77. The summed E-state index contributed by atoms with van der Waals surface area (Å²) < 4.78 is 10.3. The van der Waals surface area contributed by atoms with Gasteiger partial charge in [-0.25, -0.2) is 0 Å². The third-order valence-electron chi connectivity index (χ3n) is 1.69. The van der Waals surface area contributed by atoms with Crippen LogP contribution in [0.15, 0.2) is 0 Å². The number of rotatable bonds is 6. The van der Waals surface area contributed by atoms with E-state index in [4.69, 9.17) is 9.05 Å². The van der Waals surface area contributed by atoms with Gasteiger partial charge in [0.1, 0.15) is 0 Å². The minimum absolute atomic E-state index is 0.0742. The second kappa shape index (κ2) is 6.79. The first-order valence-corrected chi connectivity index (χ1v) is 5.55. The molecule has 74 valence electrons. The highest BCUT2D eigenvalue weighted by Gasteiger charge is 2.13. The van der Waals surface area contributed by atoms with E-state index in [9.17, 15) is 4.89 Å². The van der Waals surface area contributed by atoms with Crippen molar-refractivity contribution in [3.63, 3.8) is 0 Å².